The van der Waals surface area contributed by atoms with Gasteiger partial charge in [-0.15, -0.1) is 0 Å². The molecule has 3 rings (SSSR count). The SMILES string of the molecule is CCN(C[C@H]1CCN(Cc2ccccc2)C1)C(=O)Nc1ccn(C)n1. The van der Waals surface area contributed by atoms with Crippen LogP contribution < -0.4 is 5.32 Å². The monoisotopic (exact) mass is 341 g/mol. The number of carbonyl (C=O) groups excluding carboxylic acids is 1. The summed E-state index contributed by atoms with van der Waals surface area (Å²) in [6, 6.07) is 12.3. The molecule has 2 amide bonds. The first kappa shape index (κ1) is 17.5. The van der Waals surface area contributed by atoms with Crippen LogP contribution >= 0.6 is 0 Å². The normalized spacial score (nSPS) is 17.6. The van der Waals surface area contributed by atoms with Crippen molar-refractivity contribution in [1.82, 2.24) is 19.6 Å². The Morgan fingerprint density at radius 3 is 2.80 bits per heavy atom. The number of hydrogen-bond donors (Lipinski definition) is 1. The number of aryl methyl sites for hydroxylation is 1. The average molecular weight is 341 g/mol. The maximum absolute atomic E-state index is 12.5. The van der Waals surface area contributed by atoms with E-state index in [1.807, 2.05) is 31.1 Å². The summed E-state index contributed by atoms with van der Waals surface area (Å²) in [4.78, 5) is 16.8. The second kappa shape index (κ2) is 8.16. The van der Waals surface area contributed by atoms with Crippen LogP contribution in [0.2, 0.25) is 0 Å². The topological polar surface area (TPSA) is 53.4 Å². The van der Waals surface area contributed by atoms with Crippen LogP contribution in [0, 0.1) is 5.92 Å². The van der Waals surface area contributed by atoms with Crippen LogP contribution in [-0.4, -0.2) is 51.8 Å². The summed E-state index contributed by atoms with van der Waals surface area (Å²) in [5, 5.41) is 7.09. The molecule has 1 saturated heterocycles. The molecule has 25 heavy (non-hydrogen) atoms. The standard InChI is InChI=1S/C19H27N5O/c1-3-24(19(25)20-18-10-11-22(2)21-18)15-17-9-12-23(14-17)13-16-7-5-4-6-8-16/h4-8,10-11,17H,3,9,12-15H2,1-2H3,(H,20,21,25)/t17-/m0/s1. The van der Waals surface area contributed by atoms with Crippen LogP contribution in [0.3, 0.4) is 0 Å². The van der Waals surface area contributed by atoms with E-state index >= 15 is 0 Å². The highest BCUT2D eigenvalue weighted by Gasteiger charge is 2.26. The molecule has 0 aliphatic carbocycles. The van der Waals surface area contributed by atoms with Gasteiger partial charge in [0.2, 0.25) is 0 Å². The van der Waals surface area contributed by atoms with Gasteiger partial charge in [-0.2, -0.15) is 5.10 Å². The molecular weight excluding hydrogens is 314 g/mol. The predicted octanol–water partition coefficient (Wildman–Crippen LogP) is 2.80. The Bertz CT molecular complexity index is 684. The summed E-state index contributed by atoms with van der Waals surface area (Å²) in [6.45, 7) is 6.65. The lowest BCUT2D eigenvalue weighted by Crippen LogP contribution is -2.39. The third-order valence-corrected chi connectivity index (χ3v) is 4.72. The second-order valence-electron chi connectivity index (χ2n) is 6.72. The number of benzene rings is 1. The third-order valence-electron chi connectivity index (χ3n) is 4.72. The lowest BCUT2D eigenvalue weighted by molar-refractivity contribution is 0.203. The quantitative estimate of drug-likeness (QED) is 0.879. The van der Waals surface area contributed by atoms with E-state index < -0.39 is 0 Å². The number of aromatic nitrogens is 2. The lowest BCUT2D eigenvalue weighted by Gasteiger charge is -2.24. The molecule has 1 aromatic heterocycles. The third kappa shape index (κ3) is 4.82. The highest BCUT2D eigenvalue weighted by Crippen LogP contribution is 2.20. The van der Waals surface area contributed by atoms with Gasteiger partial charge in [0.05, 0.1) is 0 Å². The summed E-state index contributed by atoms with van der Waals surface area (Å²) in [6.07, 6.45) is 2.96. The fourth-order valence-electron chi connectivity index (χ4n) is 3.38. The zero-order chi connectivity index (χ0) is 17.6. The van der Waals surface area contributed by atoms with Gasteiger partial charge in [0.1, 0.15) is 0 Å². The van der Waals surface area contributed by atoms with E-state index in [1.165, 1.54) is 5.56 Å². The molecule has 1 atom stereocenters. The number of nitrogens with one attached hydrogen (secondary N) is 1. The Hall–Kier alpha value is -2.34. The molecule has 2 heterocycles. The first-order valence-corrected chi connectivity index (χ1v) is 8.96. The van der Waals surface area contributed by atoms with E-state index in [-0.39, 0.29) is 6.03 Å². The molecule has 0 spiro atoms. The molecular formula is C19H27N5O. The van der Waals surface area contributed by atoms with Crippen molar-refractivity contribution in [1.29, 1.82) is 0 Å². The first-order valence-electron chi connectivity index (χ1n) is 8.96. The van der Waals surface area contributed by atoms with Crippen LogP contribution in [0.4, 0.5) is 10.6 Å². The van der Waals surface area contributed by atoms with Gasteiger partial charge < -0.3 is 4.90 Å². The second-order valence-corrected chi connectivity index (χ2v) is 6.72. The highest BCUT2D eigenvalue weighted by molar-refractivity contribution is 5.88. The van der Waals surface area contributed by atoms with Crippen molar-refractivity contribution in [2.24, 2.45) is 13.0 Å². The van der Waals surface area contributed by atoms with E-state index in [2.05, 4.69) is 45.6 Å². The Kier molecular flexibility index (Phi) is 5.71. The van der Waals surface area contributed by atoms with E-state index in [4.69, 9.17) is 0 Å². The molecule has 1 aliphatic heterocycles. The highest BCUT2D eigenvalue weighted by atomic mass is 16.2. The summed E-state index contributed by atoms with van der Waals surface area (Å²) < 4.78 is 1.68. The van der Waals surface area contributed by atoms with Crippen LogP contribution in [0.5, 0.6) is 0 Å². The van der Waals surface area contributed by atoms with E-state index in [0.717, 1.165) is 32.6 Å². The fourth-order valence-corrected chi connectivity index (χ4v) is 3.38. The van der Waals surface area contributed by atoms with Crippen molar-refractivity contribution >= 4 is 11.8 Å². The van der Waals surface area contributed by atoms with Crippen molar-refractivity contribution in [2.75, 3.05) is 31.5 Å². The summed E-state index contributed by atoms with van der Waals surface area (Å²) in [7, 11) is 1.84. The molecule has 1 N–H and O–H groups in total. The Morgan fingerprint density at radius 1 is 1.32 bits per heavy atom. The maximum Gasteiger partial charge on any atom is 0.323 e. The van der Waals surface area contributed by atoms with Crippen molar-refractivity contribution in [2.45, 2.75) is 19.9 Å². The van der Waals surface area contributed by atoms with Gasteiger partial charge in [-0.05, 0) is 31.4 Å². The number of rotatable bonds is 6. The largest absolute Gasteiger partial charge is 0.324 e. The minimum absolute atomic E-state index is 0.0669. The zero-order valence-electron chi connectivity index (χ0n) is 15.1. The van der Waals surface area contributed by atoms with Crippen LogP contribution in [-0.2, 0) is 13.6 Å². The Balaban J connectivity index is 1.49. The number of nitrogens with zero attached hydrogens (tertiary/aromatic N) is 4. The first-order chi connectivity index (χ1) is 12.1. The zero-order valence-corrected chi connectivity index (χ0v) is 15.1. The van der Waals surface area contributed by atoms with E-state index in [9.17, 15) is 4.79 Å². The maximum atomic E-state index is 12.5. The van der Waals surface area contributed by atoms with Gasteiger partial charge in [-0.1, -0.05) is 30.3 Å². The molecule has 6 nitrogen and oxygen atoms in total. The van der Waals surface area contributed by atoms with Crippen molar-refractivity contribution in [3.8, 4) is 0 Å². The number of anilines is 1. The summed E-state index contributed by atoms with van der Waals surface area (Å²) >= 11 is 0. The number of urea groups is 1. The molecule has 0 saturated carbocycles. The van der Waals surface area contributed by atoms with E-state index in [0.29, 0.717) is 18.3 Å². The van der Waals surface area contributed by atoms with Crippen molar-refractivity contribution in [3.63, 3.8) is 0 Å². The number of likely N-dealkylation sites (tertiary alicyclic amines) is 1. The van der Waals surface area contributed by atoms with Crippen LogP contribution in [0.25, 0.3) is 0 Å². The predicted molar refractivity (Wildman–Crippen MR) is 99.3 cm³/mol. The van der Waals surface area contributed by atoms with Gasteiger partial charge in [-0.25, -0.2) is 4.79 Å². The molecule has 134 valence electrons. The molecule has 0 bridgehead atoms. The Morgan fingerprint density at radius 2 is 2.12 bits per heavy atom. The lowest BCUT2D eigenvalue weighted by atomic mass is 10.1. The molecule has 0 radical (unpaired) electrons. The fraction of sp³-hybridized carbons (Fsp3) is 0.474. The van der Waals surface area contributed by atoms with Gasteiger partial charge in [0, 0.05) is 45.5 Å². The van der Waals surface area contributed by atoms with Crippen molar-refractivity contribution in [3.05, 3.63) is 48.2 Å². The van der Waals surface area contributed by atoms with E-state index in [1.54, 1.807) is 4.68 Å². The summed E-state index contributed by atoms with van der Waals surface area (Å²) in [5.74, 6) is 1.13. The molecule has 6 heteroatoms. The minimum atomic E-state index is -0.0669. The van der Waals surface area contributed by atoms with Gasteiger partial charge in [-0.3, -0.25) is 14.9 Å². The van der Waals surface area contributed by atoms with Gasteiger partial charge >= 0.3 is 6.03 Å². The van der Waals surface area contributed by atoms with Crippen LogP contribution in [0.15, 0.2) is 42.6 Å². The molecule has 2 aromatic rings. The average Bonchev–Trinajstić information content (AvgIpc) is 3.22. The smallest absolute Gasteiger partial charge is 0.323 e. The molecule has 0 unspecified atom stereocenters. The minimum Gasteiger partial charge on any atom is -0.324 e. The van der Waals surface area contributed by atoms with Gasteiger partial charge in [0.15, 0.2) is 5.82 Å². The number of hydrogen-bond acceptors (Lipinski definition) is 3. The molecule has 1 fully saturated rings. The Labute approximate surface area is 149 Å². The van der Waals surface area contributed by atoms with Gasteiger partial charge in [0.25, 0.3) is 0 Å². The summed E-state index contributed by atoms with van der Waals surface area (Å²) in [5.41, 5.74) is 1.35. The van der Waals surface area contributed by atoms with Crippen LogP contribution in [0.1, 0.15) is 18.9 Å². The van der Waals surface area contributed by atoms with Crippen molar-refractivity contribution < 1.29 is 4.79 Å². The number of carbonyl (C=O) groups is 1. The molecule has 1 aliphatic rings. The molecule has 1 aromatic carbocycles. The number of amides is 2.